The van der Waals surface area contributed by atoms with Crippen LogP contribution in [-0.2, 0) is 24.1 Å². The van der Waals surface area contributed by atoms with Crippen molar-refractivity contribution in [2.75, 3.05) is 25.5 Å². The Morgan fingerprint density at radius 1 is 1.03 bits per heavy atom. The molecule has 3 aromatic rings. The van der Waals surface area contributed by atoms with Gasteiger partial charge < -0.3 is 10.1 Å². The van der Waals surface area contributed by atoms with E-state index in [1.54, 1.807) is 46.1 Å². The van der Waals surface area contributed by atoms with Crippen LogP contribution in [0.5, 0.6) is 5.75 Å². The zero-order valence-corrected chi connectivity index (χ0v) is 19.0. The molecule has 0 aliphatic heterocycles. The molecule has 0 unspecified atom stereocenters. The summed E-state index contributed by atoms with van der Waals surface area (Å²) in [6.07, 6.45) is 0. The van der Waals surface area contributed by atoms with Crippen LogP contribution in [0.25, 0.3) is 11.0 Å². The molecule has 0 saturated heterocycles. The van der Waals surface area contributed by atoms with E-state index >= 15 is 0 Å². The van der Waals surface area contributed by atoms with E-state index in [1.165, 1.54) is 38.7 Å². The Labute approximate surface area is 180 Å². The van der Waals surface area contributed by atoms with Crippen molar-refractivity contribution < 1.29 is 17.9 Å². The van der Waals surface area contributed by atoms with E-state index in [4.69, 9.17) is 4.74 Å². The van der Waals surface area contributed by atoms with E-state index in [2.05, 4.69) is 5.32 Å². The van der Waals surface area contributed by atoms with Gasteiger partial charge in [0.25, 0.3) is 5.91 Å². The number of aromatic nitrogens is 2. The highest BCUT2D eigenvalue weighted by Gasteiger charge is 2.24. The number of ether oxygens (including phenoxy) is 1. The number of anilines is 1. The standard InChI is InChI=1S/C21H26N4O5S/c1-6-25(7-2)31(28,29)15-9-11-19(30-5)16(13-15)20(26)22-14-8-10-17-18(12-14)24(4)21(27)23(17)3/h8-13H,6-7H2,1-5H3,(H,22,26). The second-order valence-electron chi connectivity index (χ2n) is 7.01. The fourth-order valence-electron chi connectivity index (χ4n) is 3.52. The molecule has 10 heteroatoms. The molecule has 0 radical (unpaired) electrons. The monoisotopic (exact) mass is 446 g/mol. The largest absolute Gasteiger partial charge is 0.496 e. The smallest absolute Gasteiger partial charge is 0.328 e. The quantitative estimate of drug-likeness (QED) is 0.599. The minimum atomic E-state index is -3.73. The molecular weight excluding hydrogens is 420 g/mol. The Morgan fingerprint density at radius 2 is 1.68 bits per heavy atom. The van der Waals surface area contributed by atoms with Crippen molar-refractivity contribution in [2.24, 2.45) is 14.1 Å². The number of aryl methyl sites for hydroxylation is 2. The van der Waals surface area contributed by atoms with Crippen molar-refractivity contribution >= 4 is 32.7 Å². The number of rotatable bonds is 7. The van der Waals surface area contributed by atoms with Gasteiger partial charge in [-0.1, -0.05) is 13.8 Å². The number of carbonyl (C=O) groups is 1. The van der Waals surface area contributed by atoms with Gasteiger partial charge in [-0.05, 0) is 36.4 Å². The average molecular weight is 447 g/mol. The molecule has 1 N–H and O–H groups in total. The lowest BCUT2D eigenvalue weighted by molar-refractivity contribution is 0.102. The summed E-state index contributed by atoms with van der Waals surface area (Å²) in [5.74, 6) is -0.266. The number of benzene rings is 2. The zero-order chi connectivity index (χ0) is 22.9. The molecule has 0 spiro atoms. The van der Waals surface area contributed by atoms with Crippen molar-refractivity contribution in [2.45, 2.75) is 18.7 Å². The molecule has 166 valence electrons. The van der Waals surface area contributed by atoms with Crippen molar-refractivity contribution in [3.05, 3.63) is 52.4 Å². The maximum absolute atomic E-state index is 13.0. The Balaban J connectivity index is 2.00. The van der Waals surface area contributed by atoms with Crippen LogP contribution in [0.2, 0.25) is 0 Å². The minimum Gasteiger partial charge on any atom is -0.496 e. The van der Waals surface area contributed by atoms with Gasteiger partial charge in [-0.3, -0.25) is 13.9 Å². The molecule has 3 rings (SSSR count). The van der Waals surface area contributed by atoms with Crippen LogP contribution in [0, 0.1) is 0 Å². The lowest BCUT2D eigenvalue weighted by atomic mass is 10.1. The van der Waals surface area contributed by atoms with Gasteiger partial charge >= 0.3 is 5.69 Å². The van der Waals surface area contributed by atoms with Crippen molar-refractivity contribution in [3.8, 4) is 5.75 Å². The predicted molar refractivity (Wildman–Crippen MR) is 119 cm³/mol. The highest BCUT2D eigenvalue weighted by molar-refractivity contribution is 7.89. The van der Waals surface area contributed by atoms with E-state index in [-0.39, 0.29) is 21.9 Å². The lowest BCUT2D eigenvalue weighted by Gasteiger charge is -2.19. The van der Waals surface area contributed by atoms with Crippen LogP contribution in [0.15, 0.2) is 46.1 Å². The second-order valence-corrected chi connectivity index (χ2v) is 8.95. The first-order valence-electron chi connectivity index (χ1n) is 9.80. The first-order valence-corrected chi connectivity index (χ1v) is 11.2. The topological polar surface area (TPSA) is 103 Å². The molecule has 1 heterocycles. The van der Waals surface area contributed by atoms with Crippen molar-refractivity contribution in [1.82, 2.24) is 13.4 Å². The second kappa shape index (κ2) is 8.56. The zero-order valence-electron chi connectivity index (χ0n) is 18.2. The maximum atomic E-state index is 13.0. The van der Waals surface area contributed by atoms with Gasteiger partial charge in [0.1, 0.15) is 5.75 Å². The summed E-state index contributed by atoms with van der Waals surface area (Å²) in [7, 11) is 1.01. The first kappa shape index (κ1) is 22.6. The Kier molecular flexibility index (Phi) is 6.23. The number of fused-ring (bicyclic) bond motifs is 1. The molecule has 1 amide bonds. The number of hydrogen-bond donors (Lipinski definition) is 1. The number of nitrogens with one attached hydrogen (secondary N) is 1. The van der Waals surface area contributed by atoms with Crippen LogP contribution in [-0.4, -0.2) is 48.0 Å². The molecule has 0 fully saturated rings. The van der Waals surface area contributed by atoms with Gasteiger partial charge in [-0.15, -0.1) is 0 Å². The van der Waals surface area contributed by atoms with Crippen molar-refractivity contribution in [3.63, 3.8) is 0 Å². The normalized spacial score (nSPS) is 11.8. The van der Waals surface area contributed by atoms with E-state index in [1.807, 2.05) is 0 Å². The Morgan fingerprint density at radius 3 is 2.29 bits per heavy atom. The van der Waals surface area contributed by atoms with E-state index in [0.717, 1.165) is 5.52 Å². The molecule has 0 atom stereocenters. The molecule has 1 aromatic heterocycles. The fourth-order valence-corrected chi connectivity index (χ4v) is 5.01. The van der Waals surface area contributed by atoms with Gasteiger partial charge in [0.15, 0.2) is 0 Å². The van der Waals surface area contributed by atoms with Crippen LogP contribution in [0.1, 0.15) is 24.2 Å². The van der Waals surface area contributed by atoms with Crippen LogP contribution in [0.4, 0.5) is 5.69 Å². The van der Waals surface area contributed by atoms with Crippen LogP contribution < -0.4 is 15.7 Å². The number of sulfonamides is 1. The average Bonchev–Trinajstić information content (AvgIpc) is 2.97. The van der Waals surface area contributed by atoms with Gasteiger partial charge in [-0.2, -0.15) is 4.31 Å². The summed E-state index contributed by atoms with van der Waals surface area (Å²) in [6, 6.07) is 9.33. The third-order valence-corrected chi connectivity index (χ3v) is 7.33. The summed E-state index contributed by atoms with van der Waals surface area (Å²) < 4.78 is 35.3. The number of carbonyl (C=O) groups excluding carboxylic acids is 1. The number of hydrogen-bond acceptors (Lipinski definition) is 5. The minimum absolute atomic E-state index is 0.0167. The number of nitrogens with zero attached hydrogens (tertiary/aromatic N) is 3. The molecule has 2 aromatic carbocycles. The van der Waals surface area contributed by atoms with Gasteiger partial charge in [0.05, 0.1) is 28.6 Å². The molecule has 0 aliphatic rings. The van der Waals surface area contributed by atoms with Gasteiger partial charge in [-0.25, -0.2) is 13.2 Å². The SMILES string of the molecule is CCN(CC)S(=O)(=O)c1ccc(OC)c(C(=O)Nc2ccc3c(c2)n(C)c(=O)n3C)c1. The highest BCUT2D eigenvalue weighted by atomic mass is 32.2. The maximum Gasteiger partial charge on any atom is 0.328 e. The lowest BCUT2D eigenvalue weighted by Crippen LogP contribution is -2.30. The molecule has 0 bridgehead atoms. The van der Waals surface area contributed by atoms with E-state index < -0.39 is 15.9 Å². The predicted octanol–water partition coefficient (Wildman–Crippen LogP) is 2.17. The molecule has 31 heavy (non-hydrogen) atoms. The van der Waals surface area contributed by atoms with Crippen LogP contribution >= 0.6 is 0 Å². The van der Waals surface area contributed by atoms with E-state index in [9.17, 15) is 18.0 Å². The summed E-state index contributed by atoms with van der Waals surface area (Å²) in [4.78, 5) is 25.1. The first-order chi connectivity index (χ1) is 14.6. The summed E-state index contributed by atoms with van der Waals surface area (Å²) >= 11 is 0. The van der Waals surface area contributed by atoms with Gasteiger partial charge in [0.2, 0.25) is 10.0 Å². The number of imidazole rings is 1. The van der Waals surface area contributed by atoms with Crippen molar-refractivity contribution in [1.29, 1.82) is 0 Å². The third kappa shape index (κ3) is 3.96. The summed E-state index contributed by atoms with van der Waals surface area (Å²) in [5.41, 5.74) is 1.79. The molecule has 0 saturated carbocycles. The third-order valence-electron chi connectivity index (χ3n) is 5.29. The Bertz CT molecular complexity index is 1300. The van der Waals surface area contributed by atoms with Gasteiger partial charge in [0, 0.05) is 32.9 Å². The Hall–Kier alpha value is -3.11. The number of amides is 1. The summed E-state index contributed by atoms with van der Waals surface area (Å²) in [6.45, 7) is 4.15. The molecule has 0 aliphatic carbocycles. The summed E-state index contributed by atoms with van der Waals surface area (Å²) in [5, 5.41) is 2.76. The van der Waals surface area contributed by atoms with Crippen LogP contribution in [0.3, 0.4) is 0 Å². The molecule has 9 nitrogen and oxygen atoms in total. The highest BCUT2D eigenvalue weighted by Crippen LogP contribution is 2.26. The van der Waals surface area contributed by atoms with E-state index in [0.29, 0.717) is 24.3 Å². The molecular formula is C21H26N4O5S. The fraction of sp³-hybridized carbons (Fsp3) is 0.333. The number of methoxy groups -OCH3 is 1.